The topological polar surface area (TPSA) is 89.9 Å². The average Bonchev–Trinajstić information content (AvgIpc) is 3.03. The van der Waals surface area contributed by atoms with E-state index in [1.807, 2.05) is 0 Å². The third-order valence-corrected chi connectivity index (χ3v) is 4.82. The first kappa shape index (κ1) is 20.5. The summed E-state index contributed by atoms with van der Waals surface area (Å²) in [5.74, 6) is -2.58. The van der Waals surface area contributed by atoms with Crippen molar-refractivity contribution in [3.63, 3.8) is 0 Å². The van der Waals surface area contributed by atoms with E-state index >= 15 is 0 Å². The summed E-state index contributed by atoms with van der Waals surface area (Å²) in [6, 6.07) is 7.33. The van der Waals surface area contributed by atoms with Crippen molar-refractivity contribution in [2.45, 2.75) is 20.0 Å². The van der Waals surface area contributed by atoms with E-state index in [1.165, 1.54) is 30.3 Å². The van der Waals surface area contributed by atoms with Crippen molar-refractivity contribution in [1.82, 2.24) is 0 Å². The largest absolute Gasteiger partial charge is 0.508 e. The second kappa shape index (κ2) is 7.19. The molecule has 6 nitrogen and oxygen atoms in total. The Hall–Kier alpha value is -3.75. The van der Waals surface area contributed by atoms with Crippen LogP contribution in [-0.4, -0.2) is 17.7 Å². The monoisotopic (exact) mass is 432 g/mol. The van der Waals surface area contributed by atoms with Gasteiger partial charge in [0.05, 0.1) is 17.6 Å². The highest BCUT2D eigenvalue weighted by molar-refractivity contribution is 5.97. The van der Waals surface area contributed by atoms with E-state index in [4.69, 9.17) is 13.6 Å². The molecule has 0 radical (unpaired) electrons. The van der Waals surface area contributed by atoms with Crippen molar-refractivity contribution in [2.24, 2.45) is 0 Å². The van der Waals surface area contributed by atoms with Crippen molar-refractivity contribution in [2.75, 3.05) is 6.61 Å². The number of aromatic hydroxyl groups is 1. The number of phenolic OH excluding ortho intramolecular Hbond substituents is 1. The van der Waals surface area contributed by atoms with Crippen molar-refractivity contribution >= 4 is 27.9 Å². The number of esters is 1. The molecule has 0 unspecified atom stereocenters. The highest BCUT2D eigenvalue weighted by Crippen LogP contribution is 2.39. The molecule has 4 rings (SSSR count). The highest BCUT2D eigenvalue weighted by Gasteiger charge is 2.39. The number of rotatable bonds is 3. The Labute approximate surface area is 172 Å². The van der Waals surface area contributed by atoms with Crippen molar-refractivity contribution in [3.8, 4) is 16.9 Å². The second-order valence-corrected chi connectivity index (χ2v) is 6.80. The van der Waals surface area contributed by atoms with Crippen LogP contribution in [0.15, 0.2) is 50.0 Å². The van der Waals surface area contributed by atoms with Gasteiger partial charge in [0.1, 0.15) is 16.9 Å². The van der Waals surface area contributed by atoms with Crippen LogP contribution in [0, 0.1) is 6.92 Å². The molecule has 0 fully saturated rings. The predicted octanol–water partition coefficient (Wildman–Crippen LogP) is 5.42. The summed E-state index contributed by atoms with van der Waals surface area (Å²) in [7, 11) is 0. The number of fused-ring (bicyclic) bond motifs is 2. The van der Waals surface area contributed by atoms with Gasteiger partial charge in [-0.2, -0.15) is 13.2 Å². The first-order valence-corrected chi connectivity index (χ1v) is 9.19. The molecule has 0 aliphatic heterocycles. The maximum atomic E-state index is 13.8. The number of hydrogen-bond acceptors (Lipinski definition) is 6. The average molecular weight is 432 g/mol. The fourth-order valence-electron chi connectivity index (χ4n) is 3.41. The van der Waals surface area contributed by atoms with Crippen LogP contribution in [0.2, 0.25) is 0 Å². The molecule has 0 atom stereocenters. The third kappa shape index (κ3) is 3.41. The molecule has 2 aromatic carbocycles. The molecule has 160 valence electrons. The number of furan rings is 1. The summed E-state index contributed by atoms with van der Waals surface area (Å²) in [5, 5.41) is 9.79. The minimum absolute atomic E-state index is 0.0529. The Balaban J connectivity index is 2.01. The molecule has 0 aliphatic carbocycles. The van der Waals surface area contributed by atoms with E-state index in [-0.39, 0.29) is 40.2 Å². The second-order valence-electron chi connectivity index (χ2n) is 6.80. The van der Waals surface area contributed by atoms with Crippen LogP contribution in [0.1, 0.15) is 28.8 Å². The third-order valence-electron chi connectivity index (χ3n) is 4.82. The molecule has 2 heterocycles. The molecule has 9 heteroatoms. The van der Waals surface area contributed by atoms with Crippen molar-refractivity contribution in [3.05, 3.63) is 63.7 Å². The normalized spacial score (nSPS) is 11.9. The van der Waals surface area contributed by atoms with Gasteiger partial charge in [0.25, 0.3) is 0 Å². The number of carbonyl (C=O) groups excluding carboxylic acids is 1. The Morgan fingerprint density at radius 2 is 1.81 bits per heavy atom. The number of phenols is 1. The lowest BCUT2D eigenvalue weighted by Crippen LogP contribution is -2.16. The van der Waals surface area contributed by atoms with E-state index in [2.05, 4.69) is 0 Å². The van der Waals surface area contributed by atoms with E-state index in [0.717, 1.165) is 6.07 Å². The quantitative estimate of drug-likeness (QED) is 0.435. The zero-order valence-corrected chi connectivity index (χ0v) is 16.3. The lowest BCUT2D eigenvalue weighted by molar-refractivity contribution is -0.152. The standard InChI is InChI=1S/C22H15F3O6/c1-3-29-21(28)19-10(2)14-8-11(4-7-15(14)30-19)17-18(27)13-6-5-12(26)9-16(13)31-20(17)22(23,24)25/h4-9,26H,3H2,1-2H3. The van der Waals surface area contributed by atoms with Gasteiger partial charge in [-0.15, -0.1) is 0 Å². The number of carbonyl (C=O) groups is 1. The summed E-state index contributed by atoms with van der Waals surface area (Å²) in [6.45, 7) is 3.33. The molecule has 0 bridgehead atoms. The van der Waals surface area contributed by atoms with Gasteiger partial charge in [-0.25, -0.2) is 4.79 Å². The summed E-state index contributed by atoms with van der Waals surface area (Å²) >= 11 is 0. The van der Waals surface area contributed by atoms with Gasteiger partial charge in [-0.05, 0) is 43.7 Å². The molecule has 0 aliphatic rings. The Kier molecular flexibility index (Phi) is 4.76. The summed E-state index contributed by atoms with van der Waals surface area (Å²) in [5.41, 5.74) is -1.38. The maximum absolute atomic E-state index is 13.8. The lowest BCUT2D eigenvalue weighted by Gasteiger charge is -2.13. The fourth-order valence-corrected chi connectivity index (χ4v) is 3.41. The number of aryl methyl sites for hydroxylation is 1. The zero-order valence-electron chi connectivity index (χ0n) is 16.3. The van der Waals surface area contributed by atoms with Crippen LogP contribution in [0.25, 0.3) is 33.1 Å². The first-order valence-electron chi connectivity index (χ1n) is 9.19. The van der Waals surface area contributed by atoms with Crippen LogP contribution >= 0.6 is 0 Å². The van der Waals surface area contributed by atoms with Crippen LogP contribution in [0.5, 0.6) is 5.75 Å². The number of hydrogen-bond donors (Lipinski definition) is 1. The van der Waals surface area contributed by atoms with Gasteiger partial charge in [0.2, 0.25) is 16.9 Å². The molecule has 4 aromatic rings. The van der Waals surface area contributed by atoms with E-state index in [1.54, 1.807) is 13.8 Å². The van der Waals surface area contributed by atoms with Crippen molar-refractivity contribution in [1.29, 1.82) is 0 Å². The van der Waals surface area contributed by atoms with Crippen molar-refractivity contribution < 1.29 is 36.6 Å². The highest BCUT2D eigenvalue weighted by atomic mass is 19.4. The Morgan fingerprint density at radius 1 is 1.06 bits per heavy atom. The van der Waals surface area contributed by atoms with E-state index in [0.29, 0.717) is 10.9 Å². The van der Waals surface area contributed by atoms with Gasteiger partial charge in [-0.3, -0.25) is 4.79 Å². The smallest absolute Gasteiger partial charge is 0.450 e. The number of ether oxygens (including phenoxy) is 1. The molecule has 0 spiro atoms. The molecular weight excluding hydrogens is 417 g/mol. The molecule has 31 heavy (non-hydrogen) atoms. The molecule has 0 saturated carbocycles. The van der Waals surface area contributed by atoms with Gasteiger partial charge < -0.3 is 18.7 Å². The molecule has 1 N–H and O–H groups in total. The van der Waals surface area contributed by atoms with Gasteiger partial charge in [-0.1, -0.05) is 6.07 Å². The number of halogens is 3. The van der Waals surface area contributed by atoms with Gasteiger partial charge >= 0.3 is 12.1 Å². The van der Waals surface area contributed by atoms with Crippen LogP contribution < -0.4 is 5.43 Å². The summed E-state index contributed by atoms with van der Waals surface area (Å²) < 4.78 is 56.7. The number of alkyl halides is 3. The zero-order chi connectivity index (χ0) is 22.5. The maximum Gasteiger partial charge on any atom is 0.450 e. The lowest BCUT2D eigenvalue weighted by atomic mass is 9.99. The molecule has 0 saturated heterocycles. The minimum Gasteiger partial charge on any atom is -0.508 e. The minimum atomic E-state index is -4.97. The number of benzene rings is 2. The fraction of sp³-hybridized carbons (Fsp3) is 0.182. The van der Waals surface area contributed by atoms with E-state index < -0.39 is 28.9 Å². The van der Waals surface area contributed by atoms with E-state index in [9.17, 15) is 27.9 Å². The van der Waals surface area contributed by atoms with Gasteiger partial charge in [0, 0.05) is 17.0 Å². The summed E-state index contributed by atoms with van der Waals surface area (Å²) in [4.78, 5) is 25.0. The van der Waals surface area contributed by atoms with Crippen LogP contribution in [0.3, 0.4) is 0 Å². The Bertz CT molecular complexity index is 1390. The van der Waals surface area contributed by atoms with Gasteiger partial charge in [0.15, 0.2) is 0 Å². The SMILES string of the molecule is CCOC(=O)c1oc2ccc(-c3c(C(F)(F)F)oc4cc(O)ccc4c3=O)cc2c1C. The summed E-state index contributed by atoms with van der Waals surface area (Å²) in [6.07, 6.45) is -4.97. The molecule has 2 aromatic heterocycles. The van der Waals surface area contributed by atoms with Crippen LogP contribution in [0.4, 0.5) is 13.2 Å². The van der Waals surface area contributed by atoms with Crippen LogP contribution in [-0.2, 0) is 10.9 Å². The molecular formula is C22H15F3O6. The molecule has 0 amide bonds. The Morgan fingerprint density at radius 3 is 2.48 bits per heavy atom. The first-order chi connectivity index (χ1) is 14.6. The predicted molar refractivity (Wildman–Crippen MR) is 105 cm³/mol.